The normalized spacial score (nSPS) is 14.3. The third-order valence-corrected chi connectivity index (χ3v) is 1.63. The second-order valence-electron chi connectivity index (χ2n) is 3.30. The monoisotopic (exact) mass is 214 g/mol. The highest BCUT2D eigenvalue weighted by molar-refractivity contribution is 5.67. The van der Waals surface area contributed by atoms with Crippen molar-refractivity contribution < 1.29 is 24.1 Å². The standard InChI is InChI=1S/C10H11FO4/c1-10(14,6-9(12)13)15-8-4-2-7(11)3-5-8/h2-5,14H,6H2,1H3,(H,12,13). The van der Waals surface area contributed by atoms with Crippen molar-refractivity contribution in [3.8, 4) is 5.75 Å². The largest absolute Gasteiger partial charge is 0.481 e. The molecule has 1 aromatic carbocycles. The summed E-state index contributed by atoms with van der Waals surface area (Å²) in [5, 5.41) is 18.0. The average Bonchev–Trinajstić information content (AvgIpc) is 2.06. The van der Waals surface area contributed by atoms with Crippen molar-refractivity contribution in [2.75, 3.05) is 0 Å². The number of hydrogen-bond donors (Lipinski definition) is 2. The average molecular weight is 214 g/mol. The topological polar surface area (TPSA) is 66.8 Å². The number of carboxylic acid groups (broad SMARTS) is 1. The van der Waals surface area contributed by atoms with E-state index in [4.69, 9.17) is 9.84 Å². The molecule has 0 aliphatic heterocycles. The molecule has 82 valence electrons. The first-order valence-corrected chi connectivity index (χ1v) is 4.28. The Morgan fingerprint density at radius 1 is 1.47 bits per heavy atom. The number of carboxylic acids is 1. The molecular weight excluding hydrogens is 203 g/mol. The SMILES string of the molecule is CC(O)(CC(=O)O)Oc1ccc(F)cc1. The van der Waals surface area contributed by atoms with Crippen molar-refractivity contribution in [2.24, 2.45) is 0 Å². The molecule has 2 N–H and O–H groups in total. The Kier molecular flexibility index (Phi) is 3.26. The number of aliphatic carboxylic acids is 1. The summed E-state index contributed by atoms with van der Waals surface area (Å²) < 4.78 is 17.5. The Balaban J connectivity index is 2.68. The van der Waals surface area contributed by atoms with Gasteiger partial charge in [-0.3, -0.25) is 4.79 Å². The number of hydrogen-bond acceptors (Lipinski definition) is 3. The van der Waals surface area contributed by atoms with Crippen molar-refractivity contribution in [1.82, 2.24) is 0 Å². The number of benzene rings is 1. The lowest BCUT2D eigenvalue weighted by atomic mass is 10.2. The maximum atomic E-state index is 12.5. The van der Waals surface area contributed by atoms with Gasteiger partial charge in [-0.2, -0.15) is 0 Å². The zero-order valence-corrected chi connectivity index (χ0v) is 8.11. The fourth-order valence-electron chi connectivity index (χ4n) is 1.07. The van der Waals surface area contributed by atoms with Crippen LogP contribution in [0.1, 0.15) is 13.3 Å². The van der Waals surface area contributed by atoms with Gasteiger partial charge in [0.25, 0.3) is 0 Å². The van der Waals surface area contributed by atoms with Gasteiger partial charge in [-0.05, 0) is 24.3 Å². The number of carbonyl (C=O) groups is 1. The van der Waals surface area contributed by atoms with Gasteiger partial charge in [0.1, 0.15) is 18.0 Å². The van der Waals surface area contributed by atoms with E-state index in [1.807, 2.05) is 0 Å². The molecule has 4 nitrogen and oxygen atoms in total. The summed E-state index contributed by atoms with van der Waals surface area (Å²) in [6.45, 7) is 1.23. The predicted octanol–water partition coefficient (Wildman–Crippen LogP) is 1.39. The van der Waals surface area contributed by atoms with Crippen molar-refractivity contribution >= 4 is 5.97 Å². The summed E-state index contributed by atoms with van der Waals surface area (Å²) in [4.78, 5) is 10.4. The van der Waals surface area contributed by atoms with Gasteiger partial charge in [0.05, 0.1) is 0 Å². The van der Waals surface area contributed by atoms with E-state index in [0.717, 1.165) is 12.1 Å². The van der Waals surface area contributed by atoms with Crippen LogP contribution in [0.2, 0.25) is 0 Å². The van der Waals surface area contributed by atoms with Gasteiger partial charge in [-0.1, -0.05) is 0 Å². The molecule has 0 radical (unpaired) electrons. The fourth-order valence-corrected chi connectivity index (χ4v) is 1.07. The first-order chi connectivity index (χ1) is 6.89. The molecule has 5 heteroatoms. The van der Waals surface area contributed by atoms with Crippen LogP contribution in [0.5, 0.6) is 5.75 Å². The van der Waals surface area contributed by atoms with Gasteiger partial charge >= 0.3 is 5.97 Å². The Labute approximate surface area is 85.9 Å². The highest BCUT2D eigenvalue weighted by Gasteiger charge is 2.26. The summed E-state index contributed by atoms with van der Waals surface area (Å²) in [7, 11) is 0. The minimum atomic E-state index is -1.80. The van der Waals surface area contributed by atoms with Crippen LogP contribution in [0, 0.1) is 5.82 Å². The summed E-state index contributed by atoms with van der Waals surface area (Å²) in [5.74, 6) is -3.20. The second kappa shape index (κ2) is 4.27. The number of aliphatic hydroxyl groups is 1. The predicted molar refractivity (Wildman–Crippen MR) is 49.9 cm³/mol. The molecule has 0 aromatic heterocycles. The molecule has 0 heterocycles. The molecule has 0 fully saturated rings. The van der Waals surface area contributed by atoms with E-state index >= 15 is 0 Å². The summed E-state index contributed by atoms with van der Waals surface area (Å²) >= 11 is 0. The van der Waals surface area contributed by atoms with Crippen LogP contribution in [-0.4, -0.2) is 22.0 Å². The van der Waals surface area contributed by atoms with Crippen molar-refractivity contribution in [3.63, 3.8) is 0 Å². The zero-order chi connectivity index (χ0) is 11.5. The molecule has 0 saturated heterocycles. The van der Waals surface area contributed by atoms with E-state index in [-0.39, 0.29) is 5.75 Å². The molecule has 1 atom stereocenters. The van der Waals surface area contributed by atoms with Gasteiger partial charge in [-0.15, -0.1) is 0 Å². The lowest BCUT2D eigenvalue weighted by Crippen LogP contribution is -2.34. The van der Waals surface area contributed by atoms with Gasteiger partial charge < -0.3 is 14.9 Å². The van der Waals surface area contributed by atoms with Crippen LogP contribution < -0.4 is 4.74 Å². The van der Waals surface area contributed by atoms with Gasteiger partial charge in [0.15, 0.2) is 0 Å². The van der Waals surface area contributed by atoms with E-state index in [1.165, 1.54) is 19.1 Å². The van der Waals surface area contributed by atoms with E-state index < -0.39 is 24.0 Å². The molecule has 1 aromatic rings. The zero-order valence-electron chi connectivity index (χ0n) is 8.11. The van der Waals surface area contributed by atoms with Crippen LogP contribution in [0.3, 0.4) is 0 Å². The van der Waals surface area contributed by atoms with E-state index in [0.29, 0.717) is 0 Å². The highest BCUT2D eigenvalue weighted by Crippen LogP contribution is 2.19. The summed E-state index contributed by atoms with van der Waals surface area (Å²) in [6.07, 6.45) is -0.551. The smallest absolute Gasteiger partial charge is 0.310 e. The number of ether oxygens (including phenoxy) is 1. The molecular formula is C10H11FO4. The quantitative estimate of drug-likeness (QED) is 0.743. The van der Waals surface area contributed by atoms with Crippen molar-refractivity contribution in [2.45, 2.75) is 19.1 Å². The third-order valence-electron chi connectivity index (χ3n) is 1.63. The van der Waals surface area contributed by atoms with Gasteiger partial charge in [0.2, 0.25) is 5.79 Å². The Bertz CT molecular complexity index is 345. The molecule has 1 rings (SSSR count). The van der Waals surface area contributed by atoms with E-state index in [2.05, 4.69) is 0 Å². The van der Waals surface area contributed by atoms with E-state index in [1.54, 1.807) is 0 Å². The third kappa shape index (κ3) is 3.95. The molecule has 0 spiro atoms. The first kappa shape index (κ1) is 11.5. The lowest BCUT2D eigenvalue weighted by Gasteiger charge is -2.22. The lowest BCUT2D eigenvalue weighted by molar-refractivity contribution is -0.161. The Morgan fingerprint density at radius 2 is 2.00 bits per heavy atom. The molecule has 0 saturated carbocycles. The Morgan fingerprint density at radius 3 is 2.47 bits per heavy atom. The van der Waals surface area contributed by atoms with Crippen LogP contribution in [0.25, 0.3) is 0 Å². The molecule has 15 heavy (non-hydrogen) atoms. The van der Waals surface area contributed by atoms with Gasteiger partial charge in [0, 0.05) is 6.92 Å². The van der Waals surface area contributed by atoms with Crippen LogP contribution >= 0.6 is 0 Å². The fraction of sp³-hybridized carbons (Fsp3) is 0.300. The maximum absolute atomic E-state index is 12.5. The van der Waals surface area contributed by atoms with Crippen molar-refractivity contribution in [3.05, 3.63) is 30.1 Å². The van der Waals surface area contributed by atoms with Crippen molar-refractivity contribution in [1.29, 1.82) is 0 Å². The van der Waals surface area contributed by atoms with Gasteiger partial charge in [-0.25, -0.2) is 4.39 Å². The van der Waals surface area contributed by atoms with Crippen LogP contribution in [0.4, 0.5) is 4.39 Å². The Hall–Kier alpha value is -1.62. The minimum absolute atomic E-state index is 0.211. The minimum Gasteiger partial charge on any atom is -0.481 e. The molecule has 0 bridgehead atoms. The van der Waals surface area contributed by atoms with Crippen LogP contribution in [-0.2, 0) is 4.79 Å². The van der Waals surface area contributed by atoms with Crippen LogP contribution in [0.15, 0.2) is 24.3 Å². The summed E-state index contributed by atoms with van der Waals surface area (Å²) in [5.41, 5.74) is 0. The number of halogens is 1. The molecule has 0 amide bonds. The molecule has 1 unspecified atom stereocenters. The second-order valence-corrected chi connectivity index (χ2v) is 3.30. The molecule has 0 aliphatic carbocycles. The maximum Gasteiger partial charge on any atom is 0.310 e. The van der Waals surface area contributed by atoms with E-state index in [9.17, 15) is 14.3 Å². The number of rotatable bonds is 4. The first-order valence-electron chi connectivity index (χ1n) is 4.28. The highest BCUT2D eigenvalue weighted by atomic mass is 19.1. The molecule has 0 aliphatic rings. The summed E-state index contributed by atoms with van der Waals surface area (Å²) in [6, 6.07) is 4.94.